The molecule has 4 heterocycles. The number of aryl methyl sites for hydroxylation is 2. The zero-order valence-electron chi connectivity index (χ0n) is 24.3. The lowest BCUT2D eigenvalue weighted by atomic mass is 9.75. The summed E-state index contributed by atoms with van der Waals surface area (Å²) in [6.07, 6.45) is 5.43. The smallest absolute Gasteiger partial charge is 0.254 e. The molecule has 0 radical (unpaired) electrons. The highest BCUT2D eigenvalue weighted by Gasteiger charge is 2.43. The zero-order chi connectivity index (χ0) is 28.3. The molecule has 0 saturated heterocycles. The lowest BCUT2D eigenvalue weighted by molar-refractivity contribution is 0.0413. The van der Waals surface area contributed by atoms with Gasteiger partial charge in [0.1, 0.15) is 5.76 Å². The van der Waals surface area contributed by atoms with Crippen molar-refractivity contribution in [3.05, 3.63) is 68.3 Å². The average molecular weight is 546 g/mol. The molecule has 8 nitrogen and oxygen atoms in total. The van der Waals surface area contributed by atoms with E-state index in [-0.39, 0.29) is 23.4 Å². The fourth-order valence-electron chi connectivity index (χ4n) is 7.23. The zero-order valence-corrected chi connectivity index (χ0v) is 24.3. The predicted molar refractivity (Wildman–Crippen MR) is 153 cm³/mol. The van der Waals surface area contributed by atoms with Crippen LogP contribution >= 0.6 is 0 Å². The van der Waals surface area contributed by atoms with Gasteiger partial charge < -0.3 is 28.7 Å². The number of furan rings is 1. The van der Waals surface area contributed by atoms with Gasteiger partial charge in [0.25, 0.3) is 11.5 Å². The number of aromatic amines is 1. The van der Waals surface area contributed by atoms with Gasteiger partial charge in [0.15, 0.2) is 11.5 Å². The van der Waals surface area contributed by atoms with E-state index >= 15 is 0 Å². The second-order valence-corrected chi connectivity index (χ2v) is 11.9. The van der Waals surface area contributed by atoms with Crippen molar-refractivity contribution in [1.82, 2.24) is 14.8 Å². The third kappa shape index (κ3) is 4.42. The Morgan fingerprint density at radius 2 is 1.85 bits per heavy atom. The molecule has 3 aromatic rings. The number of carbonyl (C=O) groups is 1. The molecular weight excluding hydrogens is 506 g/mol. The Hall–Kier alpha value is -3.52. The van der Waals surface area contributed by atoms with Crippen LogP contribution in [0.2, 0.25) is 0 Å². The number of nitrogens with zero attached hydrogens (tertiary/aromatic N) is 2. The highest BCUT2D eigenvalue weighted by molar-refractivity contribution is 6.02. The minimum absolute atomic E-state index is 0.0145. The number of ether oxygens (including phenoxy) is 2. The maximum absolute atomic E-state index is 14.5. The molecule has 1 aliphatic carbocycles. The summed E-state index contributed by atoms with van der Waals surface area (Å²) in [4.78, 5) is 34.8. The normalized spacial score (nSPS) is 24.1. The third-order valence-electron chi connectivity index (χ3n) is 9.17. The minimum Gasteiger partial charge on any atom is -0.464 e. The van der Waals surface area contributed by atoms with Crippen LogP contribution in [0.4, 0.5) is 0 Å². The van der Waals surface area contributed by atoms with Gasteiger partial charge in [-0.3, -0.25) is 9.59 Å². The van der Waals surface area contributed by atoms with Crippen molar-refractivity contribution < 1.29 is 18.7 Å². The molecule has 1 fully saturated rings. The van der Waals surface area contributed by atoms with Crippen LogP contribution < -0.4 is 15.0 Å². The third-order valence-corrected chi connectivity index (χ3v) is 9.17. The number of amides is 1. The van der Waals surface area contributed by atoms with Crippen molar-refractivity contribution >= 4 is 5.91 Å². The molecule has 1 saturated carbocycles. The van der Waals surface area contributed by atoms with Crippen LogP contribution in [0.25, 0.3) is 11.3 Å². The van der Waals surface area contributed by atoms with Crippen molar-refractivity contribution in [2.45, 2.75) is 78.2 Å². The summed E-state index contributed by atoms with van der Waals surface area (Å²) in [6.45, 7) is 8.37. The number of carbonyl (C=O) groups excluding carboxylic acids is 1. The Morgan fingerprint density at radius 1 is 1.07 bits per heavy atom. The molecular formula is C32H39N3O5. The van der Waals surface area contributed by atoms with Crippen molar-refractivity contribution in [3.63, 3.8) is 0 Å². The van der Waals surface area contributed by atoms with Gasteiger partial charge in [0, 0.05) is 42.4 Å². The Balaban J connectivity index is 1.40. The van der Waals surface area contributed by atoms with E-state index in [1.165, 1.54) is 0 Å². The van der Waals surface area contributed by atoms with E-state index in [1.807, 2.05) is 45.9 Å². The summed E-state index contributed by atoms with van der Waals surface area (Å²) in [5.74, 6) is 2.18. The molecule has 1 N–H and O–H groups in total. The molecule has 8 heteroatoms. The van der Waals surface area contributed by atoms with Crippen LogP contribution in [0, 0.1) is 26.7 Å². The second-order valence-electron chi connectivity index (χ2n) is 11.9. The first-order valence-corrected chi connectivity index (χ1v) is 14.4. The van der Waals surface area contributed by atoms with Crippen LogP contribution in [-0.4, -0.2) is 59.7 Å². The Kier molecular flexibility index (Phi) is 6.77. The van der Waals surface area contributed by atoms with Crippen molar-refractivity contribution in [2.24, 2.45) is 5.92 Å². The van der Waals surface area contributed by atoms with Crippen LogP contribution in [0.5, 0.6) is 11.5 Å². The van der Waals surface area contributed by atoms with Crippen LogP contribution in [-0.2, 0) is 12.8 Å². The fourth-order valence-corrected chi connectivity index (χ4v) is 7.23. The number of H-pyrrole nitrogens is 1. The van der Waals surface area contributed by atoms with Crippen molar-refractivity contribution in [2.75, 3.05) is 20.6 Å². The first-order chi connectivity index (χ1) is 19.1. The van der Waals surface area contributed by atoms with E-state index in [1.54, 1.807) is 6.26 Å². The van der Waals surface area contributed by atoms with Crippen LogP contribution in [0.15, 0.2) is 33.7 Å². The van der Waals surface area contributed by atoms with Crippen LogP contribution in [0.3, 0.4) is 0 Å². The first kappa shape index (κ1) is 26.7. The molecule has 4 atom stereocenters. The topological polar surface area (TPSA) is 88.0 Å². The lowest BCUT2D eigenvalue weighted by Gasteiger charge is -2.46. The highest BCUT2D eigenvalue weighted by atomic mass is 16.7. The Bertz CT molecular complexity index is 1510. The predicted octanol–water partition coefficient (Wildman–Crippen LogP) is 5.02. The monoisotopic (exact) mass is 545 g/mol. The molecule has 1 aromatic carbocycles. The first-order valence-electron chi connectivity index (χ1n) is 14.4. The quantitative estimate of drug-likeness (QED) is 0.485. The van der Waals surface area contributed by atoms with Crippen LogP contribution in [0.1, 0.15) is 64.5 Å². The maximum Gasteiger partial charge on any atom is 0.254 e. The number of pyridine rings is 1. The Labute approximate surface area is 235 Å². The molecule has 4 unspecified atom stereocenters. The number of hydrogen-bond acceptors (Lipinski definition) is 6. The molecule has 6 rings (SSSR count). The van der Waals surface area contributed by atoms with E-state index < -0.39 is 6.29 Å². The van der Waals surface area contributed by atoms with Gasteiger partial charge in [-0.15, -0.1) is 0 Å². The fraction of sp³-hybridized carbons (Fsp3) is 0.500. The van der Waals surface area contributed by atoms with E-state index in [9.17, 15) is 9.59 Å². The standard InChI is InChI=1S/C32H39N3O5/c1-17-14-18(2)33-31(36)24(17)16-21-15-22(34(5)6)9-10-25(21)35-12-11-23-27(32(35)37)19(3)29-30(40-20(4)39-29)28(23)26-8-7-13-38-26/h7-8,13-14,20-22,25H,9-12,15-16H2,1-6H3,(H,33,36). The highest BCUT2D eigenvalue weighted by Crippen LogP contribution is 2.51. The largest absolute Gasteiger partial charge is 0.464 e. The van der Waals surface area contributed by atoms with E-state index in [2.05, 4.69) is 28.9 Å². The van der Waals surface area contributed by atoms with Gasteiger partial charge in [-0.2, -0.15) is 0 Å². The summed E-state index contributed by atoms with van der Waals surface area (Å²) in [6, 6.07) is 6.28. The molecule has 1 amide bonds. The summed E-state index contributed by atoms with van der Waals surface area (Å²) in [5, 5.41) is 0. The summed E-state index contributed by atoms with van der Waals surface area (Å²) in [5.41, 5.74) is 6.02. The molecule has 0 spiro atoms. The summed E-state index contributed by atoms with van der Waals surface area (Å²) >= 11 is 0. The second kappa shape index (κ2) is 10.1. The van der Waals surface area contributed by atoms with Gasteiger partial charge in [-0.1, -0.05) is 0 Å². The van der Waals surface area contributed by atoms with Gasteiger partial charge in [0.05, 0.1) is 17.4 Å². The van der Waals surface area contributed by atoms with Crippen molar-refractivity contribution in [1.29, 1.82) is 0 Å². The Morgan fingerprint density at radius 3 is 2.55 bits per heavy atom. The van der Waals surface area contributed by atoms with Gasteiger partial charge in [0.2, 0.25) is 6.29 Å². The summed E-state index contributed by atoms with van der Waals surface area (Å²) < 4.78 is 18.0. The van der Waals surface area contributed by atoms with E-state index in [4.69, 9.17) is 13.9 Å². The minimum atomic E-state index is -0.431. The number of hydrogen-bond donors (Lipinski definition) is 1. The summed E-state index contributed by atoms with van der Waals surface area (Å²) in [7, 11) is 4.24. The number of rotatable bonds is 5. The SMILES string of the molecule is Cc1cc(C)c(CC2CC(N(C)C)CCC2N2CCc3c(c(C)c4c(c3-c3ccco3)OC(C)O4)C2=O)c(=O)[nH]1. The number of nitrogens with one attached hydrogen (secondary N) is 1. The average Bonchev–Trinajstić information content (AvgIpc) is 3.56. The van der Waals surface area contributed by atoms with E-state index in [0.717, 1.165) is 52.8 Å². The molecule has 3 aliphatic rings. The van der Waals surface area contributed by atoms with E-state index in [0.29, 0.717) is 48.3 Å². The van der Waals surface area contributed by atoms with Gasteiger partial charge in [-0.05, 0) is 102 Å². The maximum atomic E-state index is 14.5. The molecule has 40 heavy (non-hydrogen) atoms. The molecule has 0 bridgehead atoms. The van der Waals surface area contributed by atoms with Crippen molar-refractivity contribution in [3.8, 4) is 22.8 Å². The van der Waals surface area contributed by atoms with Gasteiger partial charge >= 0.3 is 0 Å². The number of aromatic nitrogens is 1. The number of benzene rings is 1. The lowest BCUT2D eigenvalue weighted by Crippen LogP contribution is -2.53. The molecule has 2 aromatic heterocycles. The molecule has 212 valence electrons. The van der Waals surface area contributed by atoms with Gasteiger partial charge in [-0.25, -0.2) is 0 Å². The molecule has 2 aliphatic heterocycles. The number of fused-ring (bicyclic) bond motifs is 2.